The van der Waals surface area contributed by atoms with Gasteiger partial charge in [-0.25, -0.2) is 9.97 Å². The Hall–Kier alpha value is -2.74. The third-order valence-corrected chi connectivity index (χ3v) is 6.11. The zero-order valence-corrected chi connectivity index (χ0v) is 17.5. The summed E-state index contributed by atoms with van der Waals surface area (Å²) in [5, 5.41) is 0. The van der Waals surface area contributed by atoms with Crippen LogP contribution in [0.1, 0.15) is 40.3 Å². The van der Waals surface area contributed by atoms with Gasteiger partial charge in [-0.05, 0) is 58.8 Å². The molecule has 1 saturated heterocycles. The van der Waals surface area contributed by atoms with Crippen molar-refractivity contribution in [1.82, 2.24) is 19.9 Å². The van der Waals surface area contributed by atoms with Crippen LogP contribution in [0.15, 0.2) is 17.1 Å². The first-order valence-electron chi connectivity index (χ1n) is 10.2. The zero-order chi connectivity index (χ0) is 20.7. The molecule has 4 rings (SSSR count). The molecule has 0 aliphatic carbocycles. The molecule has 1 atom stereocenters. The maximum absolute atomic E-state index is 13.3. The molecule has 2 aromatic heterocycles. The highest BCUT2D eigenvalue weighted by molar-refractivity contribution is 6.04. The van der Waals surface area contributed by atoms with Crippen LogP contribution < -0.4 is 15.4 Å². The number of pyridine rings is 1. The number of aromatic amines is 1. The van der Waals surface area contributed by atoms with E-state index >= 15 is 0 Å². The Labute approximate surface area is 170 Å². The number of carbonyl (C=O) groups is 1. The van der Waals surface area contributed by atoms with Gasteiger partial charge >= 0.3 is 0 Å². The number of hydrogen-bond acceptors (Lipinski definition) is 6. The van der Waals surface area contributed by atoms with Crippen molar-refractivity contribution in [2.24, 2.45) is 0 Å². The standard InChI is InChI=1S/C21H28N6O2/c1-13-14(2)23-18(24-19(13)26-11-8-16(12-26)25(3)4)21(29)27-10-5-6-15-7-9-22-20(28)17(15)27/h7,9,16H,5-6,8,10-12H2,1-4H3,(H,22,28)/t16-/m1/s1. The molecule has 29 heavy (non-hydrogen) atoms. The van der Waals surface area contributed by atoms with Crippen molar-refractivity contribution in [1.29, 1.82) is 0 Å². The van der Waals surface area contributed by atoms with Gasteiger partial charge in [-0.2, -0.15) is 0 Å². The number of hydrogen-bond donors (Lipinski definition) is 1. The Balaban J connectivity index is 1.69. The SMILES string of the molecule is Cc1nc(C(=O)N2CCCc3cc[nH]c(=O)c32)nc(N2CC[C@@H](N(C)C)C2)c1C. The molecule has 4 heterocycles. The van der Waals surface area contributed by atoms with E-state index < -0.39 is 0 Å². The topological polar surface area (TPSA) is 85.4 Å². The summed E-state index contributed by atoms with van der Waals surface area (Å²) < 4.78 is 0. The first kappa shape index (κ1) is 19.6. The minimum atomic E-state index is -0.310. The van der Waals surface area contributed by atoms with Crippen LogP contribution in [0.2, 0.25) is 0 Å². The monoisotopic (exact) mass is 396 g/mol. The number of nitrogens with one attached hydrogen (secondary N) is 1. The van der Waals surface area contributed by atoms with Gasteiger partial charge in [0.05, 0.1) is 0 Å². The van der Waals surface area contributed by atoms with Gasteiger partial charge in [0.15, 0.2) is 0 Å². The summed E-state index contributed by atoms with van der Waals surface area (Å²) in [7, 11) is 4.18. The molecule has 0 aromatic carbocycles. The lowest BCUT2D eigenvalue weighted by Gasteiger charge is -2.28. The largest absolute Gasteiger partial charge is 0.355 e. The van der Waals surface area contributed by atoms with Gasteiger partial charge in [0.2, 0.25) is 5.82 Å². The molecule has 0 radical (unpaired) electrons. The van der Waals surface area contributed by atoms with Gasteiger partial charge in [-0.3, -0.25) is 9.59 Å². The number of rotatable bonds is 3. The van der Waals surface area contributed by atoms with E-state index in [1.807, 2.05) is 19.9 Å². The van der Waals surface area contributed by atoms with Crippen molar-refractivity contribution in [3.8, 4) is 0 Å². The molecule has 8 heteroatoms. The van der Waals surface area contributed by atoms with E-state index in [9.17, 15) is 9.59 Å². The second-order valence-corrected chi connectivity index (χ2v) is 8.17. The van der Waals surface area contributed by atoms with E-state index in [0.29, 0.717) is 18.3 Å². The van der Waals surface area contributed by atoms with Crippen LogP contribution in [0.4, 0.5) is 11.5 Å². The Kier molecular flexibility index (Phi) is 5.12. The number of anilines is 2. The zero-order valence-electron chi connectivity index (χ0n) is 17.5. The maximum Gasteiger partial charge on any atom is 0.296 e. The average Bonchev–Trinajstić information content (AvgIpc) is 3.19. The molecule has 0 unspecified atom stereocenters. The van der Waals surface area contributed by atoms with Crippen molar-refractivity contribution in [3.05, 3.63) is 45.3 Å². The van der Waals surface area contributed by atoms with Crippen molar-refractivity contribution >= 4 is 17.4 Å². The van der Waals surface area contributed by atoms with Crippen molar-refractivity contribution in [2.45, 2.75) is 39.2 Å². The van der Waals surface area contributed by atoms with Crippen molar-refractivity contribution in [3.63, 3.8) is 0 Å². The fourth-order valence-electron chi connectivity index (χ4n) is 4.24. The molecular formula is C21H28N6O2. The average molecular weight is 396 g/mol. The predicted molar refractivity (Wildman–Crippen MR) is 113 cm³/mol. The second kappa shape index (κ2) is 7.59. The van der Waals surface area contributed by atoms with Crippen LogP contribution in [0.5, 0.6) is 0 Å². The third-order valence-electron chi connectivity index (χ3n) is 6.11. The molecule has 154 valence electrons. The normalized spacial score (nSPS) is 19.0. The summed E-state index contributed by atoms with van der Waals surface area (Å²) in [5.74, 6) is 0.673. The van der Waals surface area contributed by atoms with E-state index in [4.69, 9.17) is 0 Å². The van der Waals surface area contributed by atoms with Gasteiger partial charge in [0, 0.05) is 43.1 Å². The van der Waals surface area contributed by atoms with Crippen LogP contribution in [-0.2, 0) is 6.42 Å². The quantitative estimate of drug-likeness (QED) is 0.847. The number of H-pyrrole nitrogens is 1. The first-order valence-corrected chi connectivity index (χ1v) is 10.2. The Bertz CT molecular complexity index is 999. The summed E-state index contributed by atoms with van der Waals surface area (Å²) in [6.45, 7) is 6.19. The van der Waals surface area contributed by atoms with Gasteiger partial charge in [0.25, 0.3) is 11.5 Å². The van der Waals surface area contributed by atoms with Gasteiger partial charge < -0.3 is 19.7 Å². The van der Waals surface area contributed by atoms with Gasteiger partial charge in [0.1, 0.15) is 11.5 Å². The minimum absolute atomic E-state index is 0.160. The summed E-state index contributed by atoms with van der Waals surface area (Å²) >= 11 is 0. The summed E-state index contributed by atoms with van der Waals surface area (Å²) in [4.78, 5) is 43.6. The molecule has 0 spiro atoms. The molecule has 2 aliphatic heterocycles. The number of aryl methyl sites for hydroxylation is 2. The minimum Gasteiger partial charge on any atom is -0.355 e. The first-order chi connectivity index (χ1) is 13.9. The highest BCUT2D eigenvalue weighted by Crippen LogP contribution is 2.27. The smallest absolute Gasteiger partial charge is 0.296 e. The van der Waals surface area contributed by atoms with Crippen molar-refractivity contribution in [2.75, 3.05) is 43.5 Å². The number of aromatic nitrogens is 3. The van der Waals surface area contributed by atoms with Crippen molar-refractivity contribution < 1.29 is 4.79 Å². The summed E-state index contributed by atoms with van der Waals surface area (Å²) in [6.07, 6.45) is 4.31. The predicted octanol–water partition coefficient (Wildman–Crippen LogP) is 1.52. The van der Waals surface area contributed by atoms with Crippen LogP contribution in [0.25, 0.3) is 0 Å². The highest BCUT2D eigenvalue weighted by atomic mass is 16.2. The Morgan fingerprint density at radius 1 is 1.24 bits per heavy atom. The Morgan fingerprint density at radius 2 is 2.03 bits per heavy atom. The molecule has 1 N–H and O–H groups in total. The van der Waals surface area contributed by atoms with Crippen LogP contribution in [-0.4, -0.2) is 65.5 Å². The molecule has 8 nitrogen and oxygen atoms in total. The highest BCUT2D eigenvalue weighted by Gasteiger charge is 2.31. The van der Waals surface area contributed by atoms with E-state index in [2.05, 4.69) is 38.8 Å². The molecule has 0 saturated carbocycles. The molecule has 2 aromatic rings. The van der Waals surface area contributed by atoms with E-state index in [0.717, 1.165) is 55.0 Å². The fraction of sp³-hybridized carbons (Fsp3) is 0.524. The number of carbonyl (C=O) groups excluding carboxylic acids is 1. The molecule has 1 amide bonds. The molecular weight excluding hydrogens is 368 g/mol. The fourth-order valence-corrected chi connectivity index (χ4v) is 4.24. The lowest BCUT2D eigenvalue weighted by molar-refractivity contribution is 0.0974. The van der Waals surface area contributed by atoms with Gasteiger partial charge in [-0.1, -0.05) is 0 Å². The van der Waals surface area contributed by atoms with E-state index in [1.165, 1.54) is 4.90 Å². The lowest BCUT2D eigenvalue weighted by atomic mass is 10.0. The second-order valence-electron chi connectivity index (χ2n) is 8.17. The number of fused-ring (bicyclic) bond motifs is 1. The van der Waals surface area contributed by atoms with E-state index in [1.54, 1.807) is 6.20 Å². The number of likely N-dealkylation sites (N-methyl/N-ethyl adjacent to an activating group) is 1. The van der Waals surface area contributed by atoms with Crippen LogP contribution in [0.3, 0.4) is 0 Å². The summed E-state index contributed by atoms with van der Waals surface area (Å²) in [6, 6.07) is 2.34. The molecule has 1 fully saturated rings. The number of nitrogens with zero attached hydrogens (tertiary/aromatic N) is 5. The third kappa shape index (κ3) is 3.53. The summed E-state index contributed by atoms with van der Waals surface area (Å²) in [5.41, 5.74) is 2.88. The van der Waals surface area contributed by atoms with E-state index in [-0.39, 0.29) is 17.3 Å². The molecule has 0 bridgehead atoms. The number of amides is 1. The molecule has 2 aliphatic rings. The lowest BCUT2D eigenvalue weighted by Crippen LogP contribution is -2.40. The maximum atomic E-state index is 13.3. The van der Waals surface area contributed by atoms with Crippen LogP contribution in [0, 0.1) is 13.8 Å². The van der Waals surface area contributed by atoms with Gasteiger partial charge in [-0.15, -0.1) is 0 Å². The Morgan fingerprint density at radius 3 is 2.76 bits per heavy atom. The van der Waals surface area contributed by atoms with Crippen LogP contribution >= 0.6 is 0 Å².